The molecule has 1 aromatic heterocycles. The molecule has 0 aliphatic carbocycles. The number of nitrogens with zero attached hydrogens (tertiary/aromatic N) is 2. The van der Waals surface area contributed by atoms with E-state index in [2.05, 4.69) is 26.1 Å². The molecular formula is C13H9BrF2N2O3. The maximum atomic E-state index is 13.5. The van der Waals surface area contributed by atoms with Crippen LogP contribution >= 0.6 is 15.9 Å². The highest BCUT2D eigenvalue weighted by Gasteiger charge is 2.30. The molecule has 0 spiro atoms. The summed E-state index contributed by atoms with van der Waals surface area (Å²) in [4.78, 5) is 15.9. The van der Waals surface area contributed by atoms with Crippen LogP contribution in [-0.2, 0) is 9.53 Å². The average molecular weight is 359 g/mol. The van der Waals surface area contributed by atoms with Crippen LogP contribution in [0.25, 0.3) is 11.4 Å². The zero-order chi connectivity index (χ0) is 15.0. The van der Waals surface area contributed by atoms with Gasteiger partial charge in [0, 0.05) is 12.0 Å². The van der Waals surface area contributed by atoms with Gasteiger partial charge in [0.15, 0.2) is 11.6 Å². The van der Waals surface area contributed by atoms with Crippen molar-refractivity contribution in [3.05, 3.63) is 34.1 Å². The summed E-state index contributed by atoms with van der Waals surface area (Å²) < 4.78 is 36.8. The predicted octanol–water partition coefficient (Wildman–Crippen LogP) is 2.85. The van der Waals surface area contributed by atoms with Crippen molar-refractivity contribution in [1.82, 2.24) is 10.1 Å². The molecule has 2 aromatic rings. The quantitative estimate of drug-likeness (QED) is 0.772. The summed E-state index contributed by atoms with van der Waals surface area (Å²) in [6, 6.07) is 2.30. The molecule has 5 nitrogen and oxygen atoms in total. The number of hydrogen-bond donors (Lipinski definition) is 0. The van der Waals surface area contributed by atoms with E-state index < -0.39 is 17.6 Å². The fourth-order valence-corrected chi connectivity index (χ4v) is 2.53. The van der Waals surface area contributed by atoms with Crippen molar-refractivity contribution < 1.29 is 22.8 Å². The molecule has 1 aliphatic heterocycles. The second-order valence-electron chi connectivity index (χ2n) is 4.52. The number of carbonyl (C=O) groups excluding carboxylic acids is 1. The van der Waals surface area contributed by atoms with E-state index in [1.807, 2.05) is 0 Å². The average Bonchev–Trinajstić information content (AvgIpc) is 2.95. The number of benzene rings is 1. The van der Waals surface area contributed by atoms with Gasteiger partial charge in [0.1, 0.15) is 11.7 Å². The third-order valence-electron chi connectivity index (χ3n) is 3.18. The molecule has 8 heteroatoms. The fourth-order valence-electron chi connectivity index (χ4n) is 2.03. The Labute approximate surface area is 126 Å². The minimum Gasteiger partial charge on any atom is -0.380 e. The molecule has 1 saturated heterocycles. The Bertz CT molecular complexity index is 705. The number of rotatable bonds is 2. The number of ether oxygens (including phenoxy) is 1. The normalized spacial score (nSPS) is 19.0. The molecule has 0 saturated carbocycles. The minimum absolute atomic E-state index is 0.0409. The Balaban J connectivity index is 1.95. The van der Waals surface area contributed by atoms with E-state index in [-0.39, 0.29) is 40.6 Å². The van der Waals surface area contributed by atoms with E-state index in [0.29, 0.717) is 6.61 Å². The first-order valence-corrected chi connectivity index (χ1v) is 6.95. The summed E-state index contributed by atoms with van der Waals surface area (Å²) >= 11 is 2.96. The molecule has 0 amide bonds. The third-order valence-corrected chi connectivity index (χ3v) is 3.96. The first kappa shape index (κ1) is 14.3. The van der Waals surface area contributed by atoms with Crippen molar-refractivity contribution in [2.24, 2.45) is 0 Å². The Morgan fingerprint density at radius 1 is 1.33 bits per heavy atom. The second-order valence-corrected chi connectivity index (χ2v) is 5.32. The van der Waals surface area contributed by atoms with Crippen LogP contribution in [0.5, 0.6) is 0 Å². The summed E-state index contributed by atoms with van der Waals surface area (Å²) in [7, 11) is 0. The van der Waals surface area contributed by atoms with Crippen molar-refractivity contribution >= 4 is 21.7 Å². The van der Waals surface area contributed by atoms with Gasteiger partial charge < -0.3 is 9.26 Å². The lowest BCUT2D eigenvalue weighted by Gasteiger charge is -2.17. The topological polar surface area (TPSA) is 65.2 Å². The molecule has 1 unspecified atom stereocenters. The van der Waals surface area contributed by atoms with E-state index in [1.165, 1.54) is 6.07 Å². The van der Waals surface area contributed by atoms with Crippen molar-refractivity contribution in [3.63, 3.8) is 0 Å². The molecule has 1 aromatic carbocycles. The zero-order valence-electron chi connectivity index (χ0n) is 10.6. The summed E-state index contributed by atoms with van der Waals surface area (Å²) in [5.41, 5.74) is 0.244. The highest BCUT2D eigenvalue weighted by molar-refractivity contribution is 9.10. The van der Waals surface area contributed by atoms with Crippen LogP contribution in [0.4, 0.5) is 8.78 Å². The smallest absolute Gasteiger partial charge is 0.239 e. The first-order valence-electron chi connectivity index (χ1n) is 6.16. The molecule has 0 radical (unpaired) electrons. The second kappa shape index (κ2) is 5.61. The van der Waals surface area contributed by atoms with Crippen LogP contribution in [0.15, 0.2) is 21.1 Å². The maximum absolute atomic E-state index is 13.5. The van der Waals surface area contributed by atoms with Crippen molar-refractivity contribution in [2.75, 3.05) is 13.2 Å². The molecule has 1 fully saturated rings. The van der Waals surface area contributed by atoms with Crippen LogP contribution in [-0.4, -0.2) is 29.1 Å². The van der Waals surface area contributed by atoms with Gasteiger partial charge >= 0.3 is 0 Å². The molecule has 1 atom stereocenters. The summed E-state index contributed by atoms with van der Waals surface area (Å²) in [5.74, 6) is -2.47. The zero-order valence-corrected chi connectivity index (χ0v) is 12.2. The Morgan fingerprint density at radius 2 is 2.14 bits per heavy atom. The van der Waals surface area contributed by atoms with Crippen molar-refractivity contribution in [1.29, 1.82) is 0 Å². The lowest BCUT2D eigenvalue weighted by atomic mass is 10.0. The van der Waals surface area contributed by atoms with Crippen LogP contribution < -0.4 is 0 Å². The highest BCUT2D eigenvalue weighted by Crippen LogP contribution is 2.31. The van der Waals surface area contributed by atoms with Crippen molar-refractivity contribution in [2.45, 2.75) is 12.3 Å². The highest BCUT2D eigenvalue weighted by atomic mass is 79.9. The van der Waals surface area contributed by atoms with Crippen LogP contribution in [0.2, 0.25) is 0 Å². The summed E-state index contributed by atoms with van der Waals surface area (Å²) in [6.07, 6.45) is 0.289. The Morgan fingerprint density at radius 3 is 2.90 bits per heavy atom. The SMILES string of the molecule is O=C1CCOCC1c1nc(-c2ccc(F)c(F)c2Br)no1. The van der Waals surface area contributed by atoms with Gasteiger partial charge in [-0.25, -0.2) is 8.78 Å². The first-order chi connectivity index (χ1) is 10.1. The molecule has 3 rings (SSSR count). The minimum atomic E-state index is -1.03. The number of aromatic nitrogens is 2. The number of hydrogen-bond acceptors (Lipinski definition) is 5. The number of Topliss-reactive ketones (excluding diaryl/α,β-unsaturated/α-hetero) is 1. The van der Waals surface area contributed by atoms with Crippen LogP contribution in [0.3, 0.4) is 0 Å². The van der Waals surface area contributed by atoms with Gasteiger partial charge in [0.2, 0.25) is 11.7 Å². The molecule has 1 aliphatic rings. The summed E-state index contributed by atoms with van der Waals surface area (Å²) in [5, 5.41) is 3.71. The van der Waals surface area contributed by atoms with Gasteiger partial charge in [0.25, 0.3) is 0 Å². The predicted molar refractivity (Wildman–Crippen MR) is 70.5 cm³/mol. The van der Waals surface area contributed by atoms with E-state index >= 15 is 0 Å². The molecule has 2 heterocycles. The maximum Gasteiger partial charge on any atom is 0.239 e. The van der Waals surface area contributed by atoms with Gasteiger partial charge in [-0.1, -0.05) is 5.16 Å². The van der Waals surface area contributed by atoms with E-state index in [4.69, 9.17) is 9.26 Å². The van der Waals surface area contributed by atoms with E-state index in [1.54, 1.807) is 0 Å². The number of ketones is 1. The van der Waals surface area contributed by atoms with E-state index in [0.717, 1.165) is 6.07 Å². The Hall–Kier alpha value is -1.67. The lowest BCUT2D eigenvalue weighted by Crippen LogP contribution is -2.25. The molecule has 0 N–H and O–H groups in total. The number of carbonyl (C=O) groups is 1. The Kier molecular flexibility index (Phi) is 3.81. The summed E-state index contributed by atoms with van der Waals surface area (Å²) in [6.45, 7) is 0.560. The molecule has 0 bridgehead atoms. The molecule has 110 valence electrons. The van der Waals surface area contributed by atoms with Crippen molar-refractivity contribution in [3.8, 4) is 11.4 Å². The van der Waals surface area contributed by atoms with Crippen LogP contribution in [0, 0.1) is 11.6 Å². The van der Waals surface area contributed by atoms with Gasteiger partial charge in [-0.15, -0.1) is 0 Å². The van der Waals surface area contributed by atoms with Gasteiger partial charge in [-0.3, -0.25) is 4.79 Å². The van der Waals surface area contributed by atoms with Gasteiger partial charge in [-0.2, -0.15) is 4.98 Å². The molecular weight excluding hydrogens is 350 g/mol. The van der Waals surface area contributed by atoms with E-state index in [9.17, 15) is 13.6 Å². The largest absolute Gasteiger partial charge is 0.380 e. The lowest BCUT2D eigenvalue weighted by molar-refractivity contribution is -0.127. The van der Waals surface area contributed by atoms with Gasteiger partial charge in [-0.05, 0) is 28.1 Å². The fraction of sp³-hybridized carbons (Fsp3) is 0.308. The van der Waals surface area contributed by atoms with Crippen LogP contribution in [0.1, 0.15) is 18.2 Å². The monoisotopic (exact) mass is 358 g/mol. The standard InChI is InChI=1S/C13H9BrF2N2O3/c14-10-6(1-2-8(15)11(10)16)12-17-13(21-18-12)7-5-20-4-3-9(7)19/h1-2,7H,3-5H2. The number of halogens is 3. The molecule has 21 heavy (non-hydrogen) atoms. The third kappa shape index (κ3) is 2.60. The van der Waals surface area contributed by atoms with Gasteiger partial charge in [0.05, 0.1) is 17.7 Å².